The Labute approximate surface area is 168 Å². The minimum Gasteiger partial charge on any atom is -0.448 e. The zero-order valence-corrected chi connectivity index (χ0v) is 16.3. The fourth-order valence-corrected chi connectivity index (χ4v) is 3.65. The second-order valence-electron chi connectivity index (χ2n) is 6.45. The number of fused-ring (bicyclic) bond motifs is 1. The minimum absolute atomic E-state index is 0.0296. The Balaban J connectivity index is 1.50. The van der Waals surface area contributed by atoms with Crippen molar-refractivity contribution in [2.24, 2.45) is 0 Å². The van der Waals surface area contributed by atoms with E-state index in [1.54, 1.807) is 19.1 Å². The standard InChI is InChI=1S/C20H15N3O5S/c1-11-3-5-13(6-4-11)19-22-21-18(28-19)12(2)27-20(24)17-10-14-9-15(23(25)26)7-8-16(14)29-17/h3-10,12H,1-2H3. The number of nitrogens with zero attached hydrogens (tertiary/aromatic N) is 3. The largest absolute Gasteiger partial charge is 0.448 e. The van der Waals surface area contributed by atoms with Crippen molar-refractivity contribution < 1.29 is 18.9 Å². The van der Waals surface area contributed by atoms with Crippen LogP contribution in [0.3, 0.4) is 0 Å². The van der Waals surface area contributed by atoms with Crippen LogP contribution in [0.2, 0.25) is 0 Å². The first-order chi connectivity index (χ1) is 13.9. The Morgan fingerprint density at radius 3 is 2.66 bits per heavy atom. The summed E-state index contributed by atoms with van der Waals surface area (Å²) in [7, 11) is 0. The molecule has 0 aliphatic heterocycles. The highest BCUT2D eigenvalue weighted by Gasteiger charge is 2.21. The molecular formula is C20H15N3O5S. The maximum atomic E-state index is 12.5. The van der Waals surface area contributed by atoms with Crippen molar-refractivity contribution in [3.05, 3.63) is 75.0 Å². The second-order valence-corrected chi connectivity index (χ2v) is 7.53. The number of carbonyl (C=O) groups excluding carboxylic acids is 1. The van der Waals surface area contributed by atoms with Crippen LogP contribution in [0.1, 0.15) is 34.2 Å². The molecule has 9 heteroatoms. The molecule has 0 aliphatic carbocycles. The van der Waals surface area contributed by atoms with Crippen molar-refractivity contribution >= 4 is 33.1 Å². The number of thiophene rings is 1. The molecule has 0 fully saturated rings. The highest BCUT2D eigenvalue weighted by Crippen LogP contribution is 2.30. The second kappa shape index (κ2) is 7.44. The van der Waals surface area contributed by atoms with Crippen molar-refractivity contribution in [2.75, 3.05) is 0 Å². The molecule has 0 N–H and O–H groups in total. The minimum atomic E-state index is -0.742. The number of nitro groups is 1. The molecule has 8 nitrogen and oxygen atoms in total. The first kappa shape index (κ1) is 18.8. The molecule has 1 atom stereocenters. The van der Waals surface area contributed by atoms with Crippen molar-refractivity contribution in [3.63, 3.8) is 0 Å². The SMILES string of the molecule is Cc1ccc(-c2nnc(C(C)OC(=O)c3cc4cc([N+](=O)[O-])ccc4s3)o2)cc1. The molecule has 0 saturated heterocycles. The van der Waals surface area contributed by atoms with Crippen LogP contribution in [0.15, 0.2) is 52.9 Å². The Morgan fingerprint density at radius 1 is 1.17 bits per heavy atom. The predicted octanol–water partition coefficient (Wildman–Crippen LogP) is 5.09. The third kappa shape index (κ3) is 3.85. The predicted molar refractivity (Wildman–Crippen MR) is 107 cm³/mol. The smallest absolute Gasteiger partial charge is 0.349 e. The number of esters is 1. The van der Waals surface area contributed by atoms with E-state index in [0.717, 1.165) is 15.8 Å². The quantitative estimate of drug-likeness (QED) is 0.257. The summed E-state index contributed by atoms with van der Waals surface area (Å²) in [6, 6.07) is 13.7. The molecule has 2 aromatic carbocycles. The monoisotopic (exact) mass is 409 g/mol. The third-order valence-electron chi connectivity index (χ3n) is 4.28. The van der Waals surface area contributed by atoms with E-state index in [-0.39, 0.29) is 11.6 Å². The third-order valence-corrected chi connectivity index (χ3v) is 5.38. The van der Waals surface area contributed by atoms with Gasteiger partial charge in [-0.3, -0.25) is 10.1 Å². The molecule has 2 aromatic heterocycles. The van der Waals surface area contributed by atoms with Crippen LogP contribution in [0.4, 0.5) is 5.69 Å². The fraction of sp³-hybridized carbons (Fsp3) is 0.150. The van der Waals surface area contributed by atoms with Crippen LogP contribution in [0.25, 0.3) is 21.5 Å². The summed E-state index contributed by atoms with van der Waals surface area (Å²) in [5, 5.41) is 19.5. The lowest BCUT2D eigenvalue weighted by molar-refractivity contribution is -0.384. The lowest BCUT2D eigenvalue weighted by Gasteiger charge is -2.07. The van der Waals surface area contributed by atoms with Crippen LogP contribution in [-0.4, -0.2) is 21.1 Å². The molecule has 29 heavy (non-hydrogen) atoms. The van der Waals surface area contributed by atoms with E-state index in [9.17, 15) is 14.9 Å². The lowest BCUT2D eigenvalue weighted by Crippen LogP contribution is -2.08. The van der Waals surface area contributed by atoms with Gasteiger partial charge in [0.1, 0.15) is 4.88 Å². The maximum Gasteiger partial charge on any atom is 0.349 e. The summed E-state index contributed by atoms with van der Waals surface area (Å²) in [6.45, 7) is 3.62. The van der Waals surface area contributed by atoms with Gasteiger partial charge in [0.2, 0.25) is 5.89 Å². The van der Waals surface area contributed by atoms with Crippen LogP contribution >= 0.6 is 11.3 Å². The van der Waals surface area contributed by atoms with Gasteiger partial charge in [0.25, 0.3) is 11.6 Å². The van der Waals surface area contributed by atoms with Gasteiger partial charge in [0.05, 0.1) is 4.92 Å². The van der Waals surface area contributed by atoms with Crippen molar-refractivity contribution in [2.45, 2.75) is 20.0 Å². The molecule has 0 spiro atoms. The molecule has 2 heterocycles. The summed E-state index contributed by atoms with van der Waals surface area (Å²) in [5.41, 5.74) is 1.86. The molecule has 4 aromatic rings. The van der Waals surface area contributed by atoms with Gasteiger partial charge in [0, 0.05) is 27.8 Å². The Morgan fingerprint density at radius 2 is 1.93 bits per heavy atom. The number of nitro benzene ring substituents is 1. The first-order valence-electron chi connectivity index (χ1n) is 8.70. The number of hydrogen-bond acceptors (Lipinski definition) is 8. The molecule has 0 amide bonds. The molecular weight excluding hydrogens is 394 g/mol. The van der Waals surface area contributed by atoms with Gasteiger partial charge in [-0.25, -0.2) is 4.79 Å². The summed E-state index contributed by atoms with van der Waals surface area (Å²) in [5.74, 6) is -0.0285. The van der Waals surface area contributed by atoms with Crippen LogP contribution in [-0.2, 0) is 4.74 Å². The average molecular weight is 409 g/mol. The zero-order valence-electron chi connectivity index (χ0n) is 15.5. The summed E-state index contributed by atoms with van der Waals surface area (Å²) >= 11 is 1.20. The number of benzene rings is 2. The van der Waals surface area contributed by atoms with E-state index >= 15 is 0 Å². The lowest BCUT2D eigenvalue weighted by atomic mass is 10.1. The van der Waals surface area contributed by atoms with Crippen molar-refractivity contribution in [3.8, 4) is 11.5 Å². The summed E-state index contributed by atoms with van der Waals surface area (Å²) in [6.07, 6.45) is -0.742. The van der Waals surface area contributed by atoms with Gasteiger partial charge in [-0.15, -0.1) is 21.5 Å². The van der Waals surface area contributed by atoms with Gasteiger partial charge in [-0.2, -0.15) is 0 Å². The number of ether oxygens (including phenoxy) is 1. The van der Waals surface area contributed by atoms with Gasteiger partial charge < -0.3 is 9.15 Å². The van der Waals surface area contributed by atoms with Crippen molar-refractivity contribution in [1.29, 1.82) is 0 Å². The first-order valence-corrected chi connectivity index (χ1v) is 9.52. The van der Waals surface area contributed by atoms with Gasteiger partial charge in [0.15, 0.2) is 6.10 Å². The fourth-order valence-electron chi connectivity index (χ4n) is 2.73. The van der Waals surface area contributed by atoms with E-state index in [2.05, 4.69) is 10.2 Å². The van der Waals surface area contributed by atoms with E-state index < -0.39 is 17.0 Å². The van der Waals surface area contributed by atoms with E-state index in [0.29, 0.717) is 16.2 Å². The molecule has 0 bridgehead atoms. The average Bonchev–Trinajstić information content (AvgIpc) is 3.35. The molecule has 146 valence electrons. The summed E-state index contributed by atoms with van der Waals surface area (Å²) < 4.78 is 11.8. The van der Waals surface area contributed by atoms with Gasteiger partial charge in [-0.05, 0) is 38.1 Å². The topological polar surface area (TPSA) is 108 Å². The Kier molecular flexibility index (Phi) is 4.81. The number of carbonyl (C=O) groups is 1. The van der Waals surface area contributed by atoms with Crippen molar-refractivity contribution in [1.82, 2.24) is 10.2 Å². The van der Waals surface area contributed by atoms with Crippen LogP contribution < -0.4 is 0 Å². The van der Waals surface area contributed by atoms with E-state index in [4.69, 9.17) is 9.15 Å². The molecule has 0 aliphatic rings. The number of aryl methyl sites for hydroxylation is 1. The zero-order chi connectivity index (χ0) is 20.5. The van der Waals surface area contributed by atoms with E-state index in [1.807, 2.05) is 31.2 Å². The van der Waals surface area contributed by atoms with Crippen LogP contribution in [0, 0.1) is 17.0 Å². The molecule has 0 saturated carbocycles. The molecule has 1 unspecified atom stereocenters. The summed E-state index contributed by atoms with van der Waals surface area (Å²) in [4.78, 5) is 23.3. The van der Waals surface area contributed by atoms with Gasteiger partial charge >= 0.3 is 5.97 Å². The van der Waals surface area contributed by atoms with Gasteiger partial charge in [-0.1, -0.05) is 17.7 Å². The molecule has 4 rings (SSSR count). The van der Waals surface area contributed by atoms with Crippen LogP contribution in [0.5, 0.6) is 0 Å². The normalized spacial score (nSPS) is 12.1. The highest BCUT2D eigenvalue weighted by molar-refractivity contribution is 7.20. The maximum absolute atomic E-state index is 12.5. The highest BCUT2D eigenvalue weighted by atomic mass is 32.1. The Hall–Kier alpha value is -3.59. The molecule has 0 radical (unpaired) electrons. The Bertz CT molecular complexity index is 1210. The van der Waals surface area contributed by atoms with E-state index in [1.165, 1.54) is 23.5 Å². The number of non-ortho nitro benzene ring substituents is 1. The number of aromatic nitrogens is 2. The number of rotatable bonds is 5. The number of hydrogen-bond donors (Lipinski definition) is 0.